The third kappa shape index (κ3) is 2.48. The highest BCUT2D eigenvalue weighted by Gasteiger charge is 2.02. The molecule has 1 aromatic rings. The van der Waals surface area contributed by atoms with E-state index < -0.39 is 9.73 Å². The summed E-state index contributed by atoms with van der Waals surface area (Å²) in [4.78, 5) is 0. The predicted molar refractivity (Wildman–Crippen MR) is 62.3 cm³/mol. The van der Waals surface area contributed by atoms with Gasteiger partial charge in [-0.3, -0.25) is 0 Å². The van der Waals surface area contributed by atoms with E-state index in [1.807, 2.05) is 32.0 Å². The van der Waals surface area contributed by atoms with Crippen LogP contribution in [0.3, 0.4) is 0 Å². The summed E-state index contributed by atoms with van der Waals surface area (Å²) < 4.78 is 16.0. The lowest BCUT2D eigenvalue weighted by atomic mass is 10.2. The molecule has 0 radical (unpaired) electrons. The summed E-state index contributed by atoms with van der Waals surface area (Å²) in [6.07, 6.45) is 1.66. The smallest absolute Gasteiger partial charge is 0.0779 e. The number of nitrogens with zero attached hydrogens (tertiary/aromatic N) is 1. The van der Waals surface area contributed by atoms with Crippen LogP contribution in [0.4, 0.5) is 11.4 Å². The summed E-state index contributed by atoms with van der Waals surface area (Å²) in [5, 5.41) is 0. The third-order valence-electron chi connectivity index (χ3n) is 2.17. The van der Waals surface area contributed by atoms with Gasteiger partial charge in [-0.1, -0.05) is 13.0 Å². The number of anilines is 1. The highest BCUT2D eigenvalue weighted by Crippen LogP contribution is 2.24. The molecule has 0 aliphatic rings. The number of nitrogens with two attached hydrogens (primary N) is 1. The van der Waals surface area contributed by atoms with Crippen molar-refractivity contribution in [2.24, 2.45) is 4.36 Å². The quantitative estimate of drug-likeness (QED) is 0.765. The molecule has 0 saturated heterocycles. The summed E-state index contributed by atoms with van der Waals surface area (Å²) in [6.45, 7) is 3.76. The van der Waals surface area contributed by atoms with Crippen LogP contribution in [0, 0.1) is 6.92 Å². The van der Waals surface area contributed by atoms with Gasteiger partial charge < -0.3 is 5.73 Å². The first-order valence-electron chi connectivity index (χ1n) is 4.51. The van der Waals surface area contributed by atoms with Gasteiger partial charge in [0.1, 0.15) is 0 Å². The predicted octanol–water partition coefficient (Wildman–Crippen LogP) is 2.33. The molecule has 3 nitrogen and oxygen atoms in total. The van der Waals surface area contributed by atoms with Crippen LogP contribution in [0.2, 0.25) is 0 Å². The van der Waals surface area contributed by atoms with Gasteiger partial charge in [-0.25, -0.2) is 4.21 Å². The summed E-state index contributed by atoms with van der Waals surface area (Å²) in [6, 6.07) is 5.48. The van der Waals surface area contributed by atoms with Crippen molar-refractivity contribution in [3.63, 3.8) is 0 Å². The molecule has 1 atom stereocenters. The Morgan fingerprint density at radius 1 is 1.50 bits per heavy atom. The first-order chi connectivity index (χ1) is 6.46. The molecule has 0 aliphatic heterocycles. The lowest BCUT2D eigenvalue weighted by molar-refractivity contribution is 0.681. The lowest BCUT2D eigenvalue weighted by Crippen LogP contribution is -1.98. The highest BCUT2D eigenvalue weighted by atomic mass is 32.2. The molecule has 0 bridgehead atoms. The van der Waals surface area contributed by atoms with Gasteiger partial charge in [0, 0.05) is 27.4 Å². The fraction of sp³-hybridized carbons (Fsp3) is 0.400. The van der Waals surface area contributed by atoms with Crippen molar-refractivity contribution in [1.29, 1.82) is 0 Å². The molecular formula is C10H16N2OS. The second kappa shape index (κ2) is 4.00. The molecule has 0 fully saturated rings. The van der Waals surface area contributed by atoms with E-state index in [-0.39, 0.29) is 0 Å². The van der Waals surface area contributed by atoms with Gasteiger partial charge in [0.2, 0.25) is 0 Å². The van der Waals surface area contributed by atoms with E-state index >= 15 is 0 Å². The van der Waals surface area contributed by atoms with Crippen molar-refractivity contribution in [1.82, 2.24) is 0 Å². The minimum absolute atomic E-state index is 0.557. The summed E-state index contributed by atoms with van der Waals surface area (Å²) >= 11 is 0. The Kier molecular flexibility index (Phi) is 3.16. The zero-order valence-corrected chi connectivity index (χ0v) is 9.60. The van der Waals surface area contributed by atoms with Crippen molar-refractivity contribution in [2.45, 2.75) is 13.8 Å². The first kappa shape index (κ1) is 11.0. The van der Waals surface area contributed by atoms with Crippen molar-refractivity contribution in [2.75, 3.05) is 17.7 Å². The zero-order valence-electron chi connectivity index (χ0n) is 8.78. The van der Waals surface area contributed by atoms with Crippen LogP contribution >= 0.6 is 0 Å². The number of benzene rings is 1. The van der Waals surface area contributed by atoms with E-state index in [0.717, 1.165) is 11.3 Å². The molecule has 2 N–H and O–H groups in total. The van der Waals surface area contributed by atoms with E-state index in [4.69, 9.17) is 5.73 Å². The Morgan fingerprint density at radius 3 is 2.71 bits per heavy atom. The number of nitrogen functional groups attached to an aromatic ring is 1. The van der Waals surface area contributed by atoms with Crippen molar-refractivity contribution >= 4 is 21.1 Å². The monoisotopic (exact) mass is 212 g/mol. The van der Waals surface area contributed by atoms with Gasteiger partial charge in [0.15, 0.2) is 0 Å². The Labute approximate surface area is 85.5 Å². The van der Waals surface area contributed by atoms with Gasteiger partial charge in [-0.2, -0.15) is 4.36 Å². The molecule has 0 spiro atoms. The SMILES string of the molecule is CCS(C)(=O)=Nc1cccc(N)c1C. The standard InChI is InChI=1S/C10H16N2OS/c1-4-14(3,13)12-10-7-5-6-9(11)8(10)2/h5-7H,4,11H2,1-3H3. The fourth-order valence-electron chi connectivity index (χ4n) is 1.01. The minimum atomic E-state index is -2.09. The Hall–Kier alpha value is -1.03. The Balaban J connectivity index is 3.29. The minimum Gasteiger partial charge on any atom is -0.398 e. The van der Waals surface area contributed by atoms with Gasteiger partial charge in [0.05, 0.1) is 5.69 Å². The first-order valence-corrected chi connectivity index (χ1v) is 6.60. The van der Waals surface area contributed by atoms with Crippen LogP contribution in [0.15, 0.2) is 22.6 Å². The number of hydrogen-bond donors (Lipinski definition) is 1. The Bertz CT molecular complexity index is 445. The van der Waals surface area contributed by atoms with Crippen molar-refractivity contribution in [3.8, 4) is 0 Å². The molecule has 0 saturated carbocycles. The van der Waals surface area contributed by atoms with Crippen molar-refractivity contribution in [3.05, 3.63) is 23.8 Å². The van der Waals surface area contributed by atoms with E-state index in [9.17, 15) is 4.21 Å². The molecule has 0 amide bonds. The molecule has 1 aromatic carbocycles. The molecule has 0 aromatic heterocycles. The maximum absolute atomic E-state index is 11.8. The molecular weight excluding hydrogens is 196 g/mol. The lowest BCUT2D eigenvalue weighted by Gasteiger charge is -2.05. The van der Waals surface area contributed by atoms with Gasteiger partial charge >= 0.3 is 0 Å². The Morgan fingerprint density at radius 2 is 2.14 bits per heavy atom. The van der Waals surface area contributed by atoms with Crippen LogP contribution in [0.25, 0.3) is 0 Å². The maximum Gasteiger partial charge on any atom is 0.0779 e. The third-order valence-corrected chi connectivity index (χ3v) is 3.83. The average Bonchev–Trinajstić information content (AvgIpc) is 2.13. The van der Waals surface area contributed by atoms with E-state index in [0.29, 0.717) is 11.4 Å². The van der Waals surface area contributed by atoms with E-state index in [1.165, 1.54) is 0 Å². The molecule has 1 unspecified atom stereocenters. The van der Waals surface area contributed by atoms with Crippen LogP contribution in [-0.4, -0.2) is 16.2 Å². The molecule has 78 valence electrons. The normalized spacial score (nSPS) is 14.8. The van der Waals surface area contributed by atoms with E-state index in [2.05, 4.69) is 4.36 Å². The summed E-state index contributed by atoms with van der Waals surface area (Å²) in [5.41, 5.74) is 8.05. The van der Waals surface area contributed by atoms with Gasteiger partial charge in [-0.05, 0) is 24.6 Å². The maximum atomic E-state index is 11.8. The van der Waals surface area contributed by atoms with Gasteiger partial charge in [0.25, 0.3) is 0 Å². The number of hydrogen-bond acceptors (Lipinski definition) is 3. The topological polar surface area (TPSA) is 55.5 Å². The van der Waals surface area contributed by atoms with Gasteiger partial charge in [-0.15, -0.1) is 0 Å². The average molecular weight is 212 g/mol. The number of rotatable bonds is 2. The van der Waals surface area contributed by atoms with Crippen molar-refractivity contribution < 1.29 is 4.21 Å². The molecule has 1 rings (SSSR count). The molecule has 14 heavy (non-hydrogen) atoms. The van der Waals surface area contributed by atoms with Crippen LogP contribution in [-0.2, 0) is 9.73 Å². The second-order valence-corrected chi connectivity index (χ2v) is 6.01. The fourth-order valence-corrected chi connectivity index (χ4v) is 1.76. The van der Waals surface area contributed by atoms with Crippen LogP contribution < -0.4 is 5.73 Å². The zero-order chi connectivity index (χ0) is 10.8. The van der Waals surface area contributed by atoms with E-state index in [1.54, 1.807) is 6.26 Å². The van der Waals surface area contributed by atoms with Crippen LogP contribution in [0.1, 0.15) is 12.5 Å². The molecule has 0 heterocycles. The largest absolute Gasteiger partial charge is 0.398 e. The molecule has 0 aliphatic carbocycles. The second-order valence-electron chi connectivity index (χ2n) is 3.33. The summed E-state index contributed by atoms with van der Waals surface area (Å²) in [7, 11) is -2.09. The highest BCUT2D eigenvalue weighted by molar-refractivity contribution is 7.93. The van der Waals surface area contributed by atoms with Crippen LogP contribution in [0.5, 0.6) is 0 Å². The molecule has 4 heteroatoms. The summed E-state index contributed by atoms with van der Waals surface area (Å²) in [5.74, 6) is 0.557.